The first-order chi connectivity index (χ1) is 10.1. The molecule has 0 fully saturated rings. The molecule has 3 nitrogen and oxygen atoms in total. The van der Waals surface area contributed by atoms with Gasteiger partial charge in [-0.05, 0) is 24.6 Å². The number of nitrogens with two attached hydrogens (primary N) is 1. The molecule has 2 rings (SSSR count). The number of benzene rings is 2. The van der Waals surface area contributed by atoms with Crippen LogP contribution >= 0.6 is 11.8 Å². The molecule has 0 saturated heterocycles. The molecule has 21 heavy (non-hydrogen) atoms. The summed E-state index contributed by atoms with van der Waals surface area (Å²) >= 11 is 1.32. The Labute approximate surface area is 127 Å². The van der Waals surface area contributed by atoms with Crippen LogP contribution in [0.15, 0.2) is 47.4 Å². The summed E-state index contributed by atoms with van der Waals surface area (Å²) in [7, 11) is 0. The van der Waals surface area contributed by atoms with Gasteiger partial charge in [-0.1, -0.05) is 30.3 Å². The number of carbonyl (C=O) groups is 1. The van der Waals surface area contributed by atoms with Crippen LogP contribution < -0.4 is 5.73 Å². The topological polar surface area (TPSA) is 52.3 Å². The Morgan fingerprint density at radius 1 is 1.29 bits per heavy atom. The lowest BCUT2D eigenvalue weighted by Crippen LogP contribution is -2.08. The van der Waals surface area contributed by atoms with Gasteiger partial charge in [0.15, 0.2) is 0 Å². The van der Waals surface area contributed by atoms with Crippen LogP contribution in [0.3, 0.4) is 0 Å². The van der Waals surface area contributed by atoms with Crippen LogP contribution in [-0.2, 0) is 10.5 Å². The van der Waals surface area contributed by atoms with Crippen molar-refractivity contribution in [1.29, 1.82) is 0 Å². The maximum Gasteiger partial charge on any atom is 0.340 e. The molecule has 0 unspecified atom stereocenters. The molecule has 0 heterocycles. The minimum atomic E-state index is -0.531. The summed E-state index contributed by atoms with van der Waals surface area (Å²) in [5.74, 6) is -0.345. The number of anilines is 1. The molecule has 2 N–H and O–H groups in total. The Morgan fingerprint density at radius 3 is 2.67 bits per heavy atom. The summed E-state index contributed by atoms with van der Waals surface area (Å²) in [6, 6.07) is 12.3. The lowest BCUT2D eigenvalue weighted by Gasteiger charge is -2.09. The zero-order chi connectivity index (χ0) is 15.2. The molecule has 0 spiro atoms. The van der Waals surface area contributed by atoms with Crippen molar-refractivity contribution >= 4 is 23.4 Å². The van der Waals surface area contributed by atoms with E-state index < -0.39 is 11.8 Å². The smallest absolute Gasteiger partial charge is 0.340 e. The third kappa shape index (κ3) is 3.98. The number of rotatable bonds is 5. The van der Waals surface area contributed by atoms with Crippen LogP contribution in [0.2, 0.25) is 0 Å². The van der Waals surface area contributed by atoms with E-state index in [1.54, 1.807) is 6.92 Å². The van der Waals surface area contributed by atoms with E-state index in [9.17, 15) is 9.18 Å². The summed E-state index contributed by atoms with van der Waals surface area (Å²) in [5, 5.41) is 0. The van der Waals surface area contributed by atoms with Crippen molar-refractivity contribution in [2.24, 2.45) is 0 Å². The van der Waals surface area contributed by atoms with E-state index in [4.69, 9.17) is 10.5 Å². The molecule has 0 atom stereocenters. The maximum absolute atomic E-state index is 13.9. The minimum Gasteiger partial charge on any atom is -0.462 e. The molecule has 0 saturated carbocycles. The minimum absolute atomic E-state index is 0.0926. The standard InChI is InChI=1S/C16H16FNO2S/c1-2-20-16(19)12-8-15(13(17)9-14(12)18)21-10-11-6-4-3-5-7-11/h3-9H,2,10,18H2,1H3. The van der Waals surface area contributed by atoms with Crippen LogP contribution in [0.4, 0.5) is 10.1 Å². The number of carbonyl (C=O) groups excluding carboxylic acids is 1. The molecule has 0 aliphatic heterocycles. The second kappa shape index (κ2) is 7.13. The Bertz CT molecular complexity index is 632. The van der Waals surface area contributed by atoms with E-state index in [1.165, 1.54) is 23.9 Å². The first-order valence-electron chi connectivity index (χ1n) is 6.54. The number of esters is 1. The second-order valence-electron chi connectivity index (χ2n) is 4.36. The van der Waals surface area contributed by atoms with Crippen molar-refractivity contribution in [3.63, 3.8) is 0 Å². The highest BCUT2D eigenvalue weighted by Crippen LogP contribution is 2.29. The Balaban J connectivity index is 2.19. The summed E-state index contributed by atoms with van der Waals surface area (Å²) in [5.41, 5.74) is 7.05. The lowest BCUT2D eigenvalue weighted by molar-refractivity contribution is 0.0527. The number of thioether (sulfide) groups is 1. The summed E-state index contributed by atoms with van der Waals surface area (Å²) in [6.45, 7) is 1.96. The molecule has 0 aliphatic rings. The van der Waals surface area contributed by atoms with Crippen molar-refractivity contribution < 1.29 is 13.9 Å². The fraction of sp³-hybridized carbons (Fsp3) is 0.188. The van der Waals surface area contributed by atoms with Gasteiger partial charge >= 0.3 is 5.97 Å². The summed E-state index contributed by atoms with van der Waals surface area (Å²) in [4.78, 5) is 12.2. The molecule has 0 aromatic heterocycles. The van der Waals surface area contributed by atoms with Gasteiger partial charge in [0.05, 0.1) is 12.2 Å². The largest absolute Gasteiger partial charge is 0.462 e. The predicted molar refractivity (Wildman–Crippen MR) is 82.8 cm³/mol. The molecular weight excluding hydrogens is 289 g/mol. The number of ether oxygens (including phenoxy) is 1. The molecular formula is C16H16FNO2S. The van der Waals surface area contributed by atoms with E-state index >= 15 is 0 Å². The fourth-order valence-electron chi connectivity index (χ4n) is 1.80. The van der Waals surface area contributed by atoms with Gasteiger partial charge in [-0.25, -0.2) is 9.18 Å². The molecule has 0 amide bonds. The third-order valence-electron chi connectivity index (χ3n) is 2.84. The van der Waals surface area contributed by atoms with Gasteiger partial charge in [0.1, 0.15) is 5.82 Å². The summed E-state index contributed by atoms with van der Waals surface area (Å²) in [6.07, 6.45) is 0. The SMILES string of the molecule is CCOC(=O)c1cc(SCc2ccccc2)c(F)cc1N. The molecule has 0 aliphatic carbocycles. The van der Waals surface area contributed by atoms with Crippen molar-refractivity contribution in [2.45, 2.75) is 17.6 Å². The normalized spacial score (nSPS) is 10.4. The number of nitrogen functional groups attached to an aromatic ring is 1. The molecule has 0 radical (unpaired) electrons. The highest BCUT2D eigenvalue weighted by Gasteiger charge is 2.15. The predicted octanol–water partition coefficient (Wildman–Crippen LogP) is 3.88. The van der Waals surface area contributed by atoms with Gasteiger partial charge in [-0.3, -0.25) is 0 Å². The molecule has 5 heteroatoms. The van der Waals surface area contributed by atoms with Gasteiger partial charge in [0, 0.05) is 16.3 Å². The van der Waals surface area contributed by atoms with E-state index in [0.717, 1.165) is 5.56 Å². The van der Waals surface area contributed by atoms with Gasteiger partial charge < -0.3 is 10.5 Å². The zero-order valence-electron chi connectivity index (χ0n) is 11.6. The van der Waals surface area contributed by atoms with Crippen LogP contribution in [0.1, 0.15) is 22.8 Å². The zero-order valence-corrected chi connectivity index (χ0v) is 12.5. The van der Waals surface area contributed by atoms with Crippen molar-refractivity contribution in [2.75, 3.05) is 12.3 Å². The average molecular weight is 305 g/mol. The Kier molecular flexibility index (Phi) is 5.22. The van der Waals surface area contributed by atoms with E-state index in [2.05, 4.69) is 0 Å². The van der Waals surface area contributed by atoms with Crippen molar-refractivity contribution in [3.05, 3.63) is 59.4 Å². The van der Waals surface area contributed by atoms with Gasteiger partial charge in [-0.15, -0.1) is 11.8 Å². The molecule has 2 aromatic carbocycles. The molecule has 110 valence electrons. The quantitative estimate of drug-likeness (QED) is 0.517. The second-order valence-corrected chi connectivity index (χ2v) is 5.38. The highest BCUT2D eigenvalue weighted by molar-refractivity contribution is 7.98. The lowest BCUT2D eigenvalue weighted by atomic mass is 10.2. The third-order valence-corrected chi connectivity index (χ3v) is 3.94. The Hall–Kier alpha value is -2.01. The molecule has 0 bridgehead atoms. The van der Waals surface area contributed by atoms with Crippen LogP contribution in [0.5, 0.6) is 0 Å². The fourth-order valence-corrected chi connectivity index (χ4v) is 2.71. The monoisotopic (exact) mass is 305 g/mol. The van der Waals surface area contributed by atoms with Gasteiger partial charge in [-0.2, -0.15) is 0 Å². The first-order valence-corrected chi connectivity index (χ1v) is 7.53. The van der Waals surface area contributed by atoms with Crippen molar-refractivity contribution in [1.82, 2.24) is 0 Å². The number of hydrogen-bond acceptors (Lipinski definition) is 4. The first kappa shape index (κ1) is 15.4. The van der Waals surface area contributed by atoms with E-state index in [1.807, 2.05) is 30.3 Å². The van der Waals surface area contributed by atoms with Crippen LogP contribution in [-0.4, -0.2) is 12.6 Å². The Morgan fingerprint density at radius 2 is 2.00 bits per heavy atom. The van der Waals surface area contributed by atoms with Gasteiger partial charge in [0.25, 0.3) is 0 Å². The highest BCUT2D eigenvalue weighted by atomic mass is 32.2. The summed E-state index contributed by atoms with van der Waals surface area (Å²) < 4.78 is 18.8. The number of hydrogen-bond donors (Lipinski definition) is 1. The van der Waals surface area contributed by atoms with Crippen LogP contribution in [0.25, 0.3) is 0 Å². The van der Waals surface area contributed by atoms with Crippen LogP contribution in [0, 0.1) is 5.82 Å². The molecule has 2 aromatic rings. The average Bonchev–Trinajstić information content (AvgIpc) is 2.47. The van der Waals surface area contributed by atoms with E-state index in [0.29, 0.717) is 10.6 Å². The van der Waals surface area contributed by atoms with E-state index in [-0.39, 0.29) is 17.9 Å². The maximum atomic E-state index is 13.9. The van der Waals surface area contributed by atoms with Crippen molar-refractivity contribution in [3.8, 4) is 0 Å². The van der Waals surface area contributed by atoms with Gasteiger partial charge in [0.2, 0.25) is 0 Å². The number of halogens is 1.